The molecular weight excluding hydrogens is 266 g/mol. The Morgan fingerprint density at radius 3 is 2.70 bits per heavy atom. The SMILES string of the molecule is CC(C)C1CCC(O)C(CN(C)C(C)c2cccs2)C1. The molecule has 0 radical (unpaired) electrons. The van der Waals surface area contributed by atoms with Crippen LogP contribution >= 0.6 is 11.3 Å². The Hall–Kier alpha value is -0.380. The van der Waals surface area contributed by atoms with Gasteiger partial charge in [0.1, 0.15) is 0 Å². The van der Waals surface area contributed by atoms with Crippen LogP contribution in [0.15, 0.2) is 17.5 Å². The van der Waals surface area contributed by atoms with E-state index in [1.165, 1.54) is 17.7 Å². The van der Waals surface area contributed by atoms with Gasteiger partial charge in [0.15, 0.2) is 0 Å². The molecule has 1 fully saturated rings. The molecule has 0 saturated heterocycles. The fraction of sp³-hybridized carbons (Fsp3) is 0.765. The van der Waals surface area contributed by atoms with E-state index in [-0.39, 0.29) is 6.10 Å². The van der Waals surface area contributed by atoms with E-state index in [2.05, 4.69) is 50.2 Å². The maximum Gasteiger partial charge on any atom is 0.0580 e. The van der Waals surface area contributed by atoms with Crippen molar-refractivity contribution in [2.24, 2.45) is 17.8 Å². The molecule has 1 aromatic rings. The van der Waals surface area contributed by atoms with Crippen molar-refractivity contribution >= 4 is 11.3 Å². The van der Waals surface area contributed by atoms with Crippen LogP contribution in [0.25, 0.3) is 0 Å². The first-order valence-electron chi connectivity index (χ1n) is 7.90. The first-order valence-corrected chi connectivity index (χ1v) is 8.78. The lowest BCUT2D eigenvalue weighted by Gasteiger charge is -2.38. The van der Waals surface area contributed by atoms with E-state index in [9.17, 15) is 5.11 Å². The van der Waals surface area contributed by atoms with Crippen molar-refractivity contribution in [3.63, 3.8) is 0 Å². The number of hydrogen-bond acceptors (Lipinski definition) is 3. The maximum absolute atomic E-state index is 10.3. The lowest BCUT2D eigenvalue weighted by Crippen LogP contribution is -2.39. The van der Waals surface area contributed by atoms with Gasteiger partial charge in [0.05, 0.1) is 6.10 Å². The Bertz CT molecular complexity index is 390. The van der Waals surface area contributed by atoms with Gasteiger partial charge in [-0.05, 0) is 62.4 Å². The molecule has 1 heterocycles. The second-order valence-corrected chi connectivity index (χ2v) is 7.75. The van der Waals surface area contributed by atoms with E-state index in [0.29, 0.717) is 12.0 Å². The lowest BCUT2D eigenvalue weighted by molar-refractivity contribution is 0.0173. The molecule has 0 aliphatic heterocycles. The number of hydrogen-bond donors (Lipinski definition) is 1. The highest BCUT2D eigenvalue weighted by Crippen LogP contribution is 2.35. The molecule has 3 heteroatoms. The van der Waals surface area contributed by atoms with Gasteiger partial charge in [-0.1, -0.05) is 19.9 Å². The summed E-state index contributed by atoms with van der Waals surface area (Å²) in [7, 11) is 2.19. The highest BCUT2D eigenvalue weighted by atomic mass is 32.1. The molecule has 0 amide bonds. The zero-order valence-corrected chi connectivity index (χ0v) is 14.1. The minimum atomic E-state index is -0.108. The van der Waals surface area contributed by atoms with E-state index in [4.69, 9.17) is 0 Å². The van der Waals surface area contributed by atoms with Gasteiger partial charge in [-0.25, -0.2) is 0 Å². The average Bonchev–Trinajstić information content (AvgIpc) is 2.94. The Morgan fingerprint density at radius 2 is 2.10 bits per heavy atom. The summed E-state index contributed by atoms with van der Waals surface area (Å²) in [6.07, 6.45) is 3.25. The largest absolute Gasteiger partial charge is 0.393 e. The van der Waals surface area contributed by atoms with Crippen LogP contribution in [0.4, 0.5) is 0 Å². The second kappa shape index (κ2) is 7.06. The molecule has 2 nitrogen and oxygen atoms in total. The van der Waals surface area contributed by atoms with Crippen LogP contribution in [0.2, 0.25) is 0 Å². The van der Waals surface area contributed by atoms with Crippen molar-refractivity contribution in [1.82, 2.24) is 4.90 Å². The molecule has 0 spiro atoms. The first kappa shape index (κ1) is 16.0. The van der Waals surface area contributed by atoms with Gasteiger partial charge in [0.2, 0.25) is 0 Å². The van der Waals surface area contributed by atoms with Crippen LogP contribution in [0, 0.1) is 17.8 Å². The van der Waals surface area contributed by atoms with Crippen molar-refractivity contribution in [2.75, 3.05) is 13.6 Å². The number of aliphatic hydroxyl groups excluding tert-OH is 1. The normalized spacial score (nSPS) is 29.1. The van der Waals surface area contributed by atoms with E-state index in [1.54, 1.807) is 0 Å². The number of nitrogens with zero attached hydrogens (tertiary/aromatic N) is 1. The summed E-state index contributed by atoms with van der Waals surface area (Å²) < 4.78 is 0. The predicted molar refractivity (Wildman–Crippen MR) is 87.0 cm³/mol. The summed E-state index contributed by atoms with van der Waals surface area (Å²) in [5.74, 6) is 1.96. The average molecular weight is 295 g/mol. The summed E-state index contributed by atoms with van der Waals surface area (Å²) in [5.41, 5.74) is 0. The van der Waals surface area contributed by atoms with E-state index in [0.717, 1.165) is 24.8 Å². The standard InChI is InChI=1S/C17H29NOS/c1-12(2)14-7-8-16(19)15(10-14)11-18(4)13(3)17-6-5-9-20-17/h5-6,9,12-16,19H,7-8,10-11H2,1-4H3. The zero-order valence-electron chi connectivity index (χ0n) is 13.2. The van der Waals surface area contributed by atoms with Crippen molar-refractivity contribution in [1.29, 1.82) is 0 Å². The molecule has 4 atom stereocenters. The van der Waals surface area contributed by atoms with Crippen molar-refractivity contribution in [2.45, 2.75) is 52.2 Å². The molecule has 1 saturated carbocycles. The number of thiophene rings is 1. The number of rotatable bonds is 5. The zero-order chi connectivity index (χ0) is 14.7. The predicted octanol–water partition coefficient (Wildman–Crippen LogP) is 4.17. The third-order valence-electron chi connectivity index (χ3n) is 5.06. The topological polar surface area (TPSA) is 23.5 Å². The van der Waals surface area contributed by atoms with E-state index in [1.807, 2.05) is 11.3 Å². The van der Waals surface area contributed by atoms with E-state index >= 15 is 0 Å². The Morgan fingerprint density at radius 1 is 1.35 bits per heavy atom. The third kappa shape index (κ3) is 3.84. The van der Waals surface area contributed by atoms with Gasteiger partial charge in [0.25, 0.3) is 0 Å². The number of aliphatic hydroxyl groups is 1. The summed E-state index contributed by atoms with van der Waals surface area (Å²) >= 11 is 1.82. The van der Waals surface area contributed by atoms with Crippen molar-refractivity contribution in [3.05, 3.63) is 22.4 Å². The fourth-order valence-corrected chi connectivity index (χ4v) is 4.21. The summed E-state index contributed by atoms with van der Waals surface area (Å²) in [5, 5.41) is 12.4. The molecule has 1 aliphatic rings. The molecule has 4 unspecified atom stereocenters. The van der Waals surface area contributed by atoms with Crippen LogP contribution in [0.3, 0.4) is 0 Å². The van der Waals surface area contributed by atoms with Crippen LogP contribution in [-0.2, 0) is 0 Å². The molecule has 1 aromatic heterocycles. The van der Waals surface area contributed by atoms with Crippen LogP contribution in [0.1, 0.15) is 51.0 Å². The molecule has 1 N–H and O–H groups in total. The third-order valence-corrected chi connectivity index (χ3v) is 6.11. The summed E-state index contributed by atoms with van der Waals surface area (Å²) in [6.45, 7) is 7.90. The molecule has 114 valence electrons. The molecule has 20 heavy (non-hydrogen) atoms. The van der Waals surface area contributed by atoms with Crippen LogP contribution < -0.4 is 0 Å². The smallest absolute Gasteiger partial charge is 0.0580 e. The fourth-order valence-electron chi connectivity index (χ4n) is 3.36. The van der Waals surface area contributed by atoms with Crippen LogP contribution in [-0.4, -0.2) is 29.7 Å². The maximum atomic E-state index is 10.3. The van der Waals surface area contributed by atoms with E-state index < -0.39 is 0 Å². The summed E-state index contributed by atoms with van der Waals surface area (Å²) in [6, 6.07) is 4.77. The minimum Gasteiger partial charge on any atom is -0.393 e. The monoisotopic (exact) mass is 295 g/mol. The highest BCUT2D eigenvalue weighted by molar-refractivity contribution is 7.10. The minimum absolute atomic E-state index is 0.108. The van der Waals surface area contributed by atoms with Crippen LogP contribution in [0.5, 0.6) is 0 Å². The van der Waals surface area contributed by atoms with Crippen molar-refractivity contribution < 1.29 is 5.11 Å². The van der Waals surface area contributed by atoms with Gasteiger partial charge in [-0.3, -0.25) is 4.90 Å². The Kier molecular flexibility index (Phi) is 5.65. The van der Waals surface area contributed by atoms with Gasteiger partial charge < -0.3 is 5.11 Å². The Labute approximate surface area is 127 Å². The molecular formula is C17H29NOS. The molecule has 0 bridgehead atoms. The van der Waals surface area contributed by atoms with Gasteiger partial charge in [-0.2, -0.15) is 0 Å². The molecule has 1 aliphatic carbocycles. The van der Waals surface area contributed by atoms with Gasteiger partial charge in [-0.15, -0.1) is 11.3 Å². The highest BCUT2D eigenvalue weighted by Gasteiger charge is 2.32. The lowest BCUT2D eigenvalue weighted by atomic mass is 9.74. The van der Waals surface area contributed by atoms with Gasteiger partial charge in [0, 0.05) is 17.5 Å². The molecule has 2 rings (SSSR count). The van der Waals surface area contributed by atoms with Crippen molar-refractivity contribution in [3.8, 4) is 0 Å². The van der Waals surface area contributed by atoms with Gasteiger partial charge >= 0.3 is 0 Å². The quantitative estimate of drug-likeness (QED) is 0.881. The molecule has 0 aromatic carbocycles. The first-order chi connectivity index (χ1) is 9.49. The summed E-state index contributed by atoms with van der Waals surface area (Å²) in [4.78, 5) is 3.82. The Balaban J connectivity index is 1.93. The second-order valence-electron chi connectivity index (χ2n) is 6.78.